The number of benzene rings is 1. The monoisotopic (exact) mass is 277 g/mol. The largest absolute Gasteiger partial charge is 0.490 e. The van der Waals surface area contributed by atoms with Crippen LogP contribution in [0, 0.1) is 16.7 Å². The third-order valence-corrected chi connectivity index (χ3v) is 4.01. The molecule has 0 aliphatic carbocycles. The van der Waals surface area contributed by atoms with Gasteiger partial charge in [0.25, 0.3) is 0 Å². The molecule has 0 aromatic heterocycles. The Bertz CT molecular complexity index is 480. The first-order valence-corrected chi connectivity index (χ1v) is 7.53. The summed E-state index contributed by atoms with van der Waals surface area (Å²) in [5.41, 5.74) is -0.252. The molecule has 3 nitrogen and oxygen atoms in total. The van der Waals surface area contributed by atoms with Gasteiger partial charge in [0.05, 0.1) is 24.7 Å². The second-order valence-electron chi connectivity index (χ2n) is 5.25. The van der Waals surface area contributed by atoms with E-state index in [0.29, 0.717) is 6.61 Å². The molecule has 0 fully saturated rings. The Kier molecular flexibility index (Phi) is 4.60. The van der Waals surface area contributed by atoms with Crippen molar-refractivity contribution in [3.8, 4) is 17.6 Å². The Morgan fingerprint density at radius 1 is 1.26 bits per heavy atom. The van der Waals surface area contributed by atoms with Gasteiger partial charge in [-0.1, -0.05) is 0 Å². The Hall–Kier alpha value is -1.34. The lowest BCUT2D eigenvalue weighted by molar-refractivity contribution is 0.297. The molecule has 19 heavy (non-hydrogen) atoms. The molecule has 1 aliphatic heterocycles. The molecule has 1 heterocycles. The van der Waals surface area contributed by atoms with Crippen LogP contribution in [0.2, 0.25) is 0 Å². The lowest BCUT2D eigenvalue weighted by Gasteiger charge is -2.14. The third-order valence-electron chi connectivity index (χ3n) is 3.02. The maximum Gasteiger partial charge on any atom is 0.162 e. The van der Waals surface area contributed by atoms with E-state index in [1.807, 2.05) is 26.0 Å². The number of ether oxygens (including phenoxy) is 2. The lowest BCUT2D eigenvalue weighted by atomic mass is 9.93. The standard InChI is InChI=1S/C15H19NO2S/c1-15(2,11-16)6-9-19-12-4-5-13-14(10-12)18-8-3-7-17-13/h4-5,10H,3,6-9H2,1-2H3. The highest BCUT2D eigenvalue weighted by Crippen LogP contribution is 2.34. The highest BCUT2D eigenvalue weighted by Gasteiger charge is 2.16. The molecule has 0 amide bonds. The summed E-state index contributed by atoms with van der Waals surface area (Å²) in [4.78, 5) is 1.16. The first-order valence-electron chi connectivity index (χ1n) is 6.54. The number of thioether (sulfide) groups is 1. The number of nitrogens with zero attached hydrogens (tertiary/aromatic N) is 1. The number of nitriles is 1. The fraction of sp³-hybridized carbons (Fsp3) is 0.533. The zero-order chi connectivity index (χ0) is 13.7. The van der Waals surface area contributed by atoms with Crippen molar-refractivity contribution in [3.05, 3.63) is 18.2 Å². The number of fused-ring (bicyclic) bond motifs is 1. The SMILES string of the molecule is CC(C)(C#N)CCSc1ccc2c(c1)OCCCO2. The van der Waals surface area contributed by atoms with Gasteiger partial charge < -0.3 is 9.47 Å². The minimum Gasteiger partial charge on any atom is -0.490 e. The first-order chi connectivity index (χ1) is 9.11. The smallest absolute Gasteiger partial charge is 0.162 e. The maximum absolute atomic E-state index is 8.98. The van der Waals surface area contributed by atoms with E-state index in [4.69, 9.17) is 14.7 Å². The van der Waals surface area contributed by atoms with E-state index in [-0.39, 0.29) is 5.41 Å². The molecule has 1 aromatic rings. The molecule has 0 bridgehead atoms. The maximum atomic E-state index is 8.98. The minimum absolute atomic E-state index is 0.252. The van der Waals surface area contributed by atoms with Gasteiger partial charge in [0.2, 0.25) is 0 Å². The van der Waals surface area contributed by atoms with Crippen molar-refractivity contribution in [1.29, 1.82) is 5.26 Å². The summed E-state index contributed by atoms with van der Waals surface area (Å²) in [5, 5.41) is 8.98. The quantitative estimate of drug-likeness (QED) is 0.783. The molecule has 0 saturated heterocycles. The van der Waals surface area contributed by atoms with Crippen molar-refractivity contribution in [2.75, 3.05) is 19.0 Å². The van der Waals surface area contributed by atoms with Gasteiger partial charge in [0.1, 0.15) is 0 Å². The van der Waals surface area contributed by atoms with Gasteiger partial charge in [-0.15, -0.1) is 11.8 Å². The summed E-state index contributed by atoms with van der Waals surface area (Å²) in [7, 11) is 0. The van der Waals surface area contributed by atoms with Crippen molar-refractivity contribution in [1.82, 2.24) is 0 Å². The van der Waals surface area contributed by atoms with Crippen LogP contribution in [-0.2, 0) is 0 Å². The molecular formula is C15H19NO2S. The molecule has 0 spiro atoms. The van der Waals surface area contributed by atoms with Crippen molar-refractivity contribution >= 4 is 11.8 Å². The van der Waals surface area contributed by atoms with Crippen molar-refractivity contribution in [3.63, 3.8) is 0 Å². The van der Waals surface area contributed by atoms with Gasteiger partial charge in [0.15, 0.2) is 11.5 Å². The zero-order valence-corrected chi connectivity index (χ0v) is 12.3. The van der Waals surface area contributed by atoms with E-state index in [0.717, 1.165) is 41.6 Å². The van der Waals surface area contributed by atoms with E-state index in [2.05, 4.69) is 12.1 Å². The molecule has 0 N–H and O–H groups in total. The first kappa shape index (κ1) is 14.1. The van der Waals surface area contributed by atoms with Crippen LogP contribution in [0.1, 0.15) is 26.7 Å². The number of hydrogen-bond donors (Lipinski definition) is 0. The third kappa shape index (κ3) is 4.07. The Balaban J connectivity index is 1.95. The van der Waals surface area contributed by atoms with Crippen molar-refractivity contribution in [2.24, 2.45) is 5.41 Å². The Morgan fingerprint density at radius 2 is 2.00 bits per heavy atom. The van der Waals surface area contributed by atoms with Gasteiger partial charge in [-0.2, -0.15) is 5.26 Å². The van der Waals surface area contributed by atoms with Crippen molar-refractivity contribution in [2.45, 2.75) is 31.6 Å². The minimum atomic E-state index is -0.252. The van der Waals surface area contributed by atoms with E-state index in [1.54, 1.807) is 11.8 Å². The number of rotatable bonds is 4. The fourth-order valence-electron chi connectivity index (χ4n) is 1.71. The Labute approximate surface area is 118 Å². The van der Waals surface area contributed by atoms with Crippen LogP contribution >= 0.6 is 11.8 Å². The van der Waals surface area contributed by atoms with E-state index < -0.39 is 0 Å². The van der Waals surface area contributed by atoms with Gasteiger partial charge in [-0.05, 0) is 44.2 Å². The molecule has 0 radical (unpaired) electrons. The predicted octanol–water partition coefficient (Wildman–Crippen LogP) is 3.88. The second-order valence-corrected chi connectivity index (χ2v) is 6.42. The summed E-state index contributed by atoms with van der Waals surface area (Å²) < 4.78 is 11.3. The second kappa shape index (κ2) is 6.21. The molecule has 0 unspecified atom stereocenters. The highest BCUT2D eigenvalue weighted by molar-refractivity contribution is 7.99. The molecule has 2 rings (SSSR count). The van der Waals surface area contributed by atoms with Crippen LogP contribution in [0.15, 0.2) is 23.1 Å². The van der Waals surface area contributed by atoms with E-state index >= 15 is 0 Å². The molecular weight excluding hydrogens is 258 g/mol. The topological polar surface area (TPSA) is 42.2 Å². The summed E-state index contributed by atoms with van der Waals surface area (Å²) in [6.07, 6.45) is 1.80. The number of hydrogen-bond acceptors (Lipinski definition) is 4. The Morgan fingerprint density at radius 3 is 2.74 bits per heavy atom. The van der Waals surface area contributed by atoms with Gasteiger partial charge >= 0.3 is 0 Å². The average Bonchev–Trinajstić information content (AvgIpc) is 2.63. The highest BCUT2D eigenvalue weighted by atomic mass is 32.2. The van der Waals surface area contributed by atoms with Gasteiger partial charge in [-0.3, -0.25) is 0 Å². The van der Waals surface area contributed by atoms with Crippen LogP contribution in [0.4, 0.5) is 0 Å². The van der Waals surface area contributed by atoms with E-state index in [9.17, 15) is 0 Å². The summed E-state index contributed by atoms with van der Waals surface area (Å²) in [6, 6.07) is 8.38. The summed E-state index contributed by atoms with van der Waals surface area (Å²) >= 11 is 1.76. The molecule has 0 saturated carbocycles. The van der Waals surface area contributed by atoms with Gasteiger partial charge in [0, 0.05) is 11.3 Å². The normalized spacial score (nSPS) is 14.6. The van der Waals surface area contributed by atoms with Crippen LogP contribution < -0.4 is 9.47 Å². The molecule has 1 aliphatic rings. The van der Waals surface area contributed by atoms with Crippen LogP contribution in [0.3, 0.4) is 0 Å². The van der Waals surface area contributed by atoms with E-state index in [1.165, 1.54) is 0 Å². The fourth-order valence-corrected chi connectivity index (χ4v) is 2.92. The molecule has 4 heteroatoms. The zero-order valence-electron chi connectivity index (χ0n) is 11.4. The van der Waals surface area contributed by atoms with Crippen LogP contribution in [0.5, 0.6) is 11.5 Å². The lowest BCUT2D eigenvalue weighted by Crippen LogP contribution is -2.08. The average molecular weight is 277 g/mol. The predicted molar refractivity (Wildman–Crippen MR) is 76.8 cm³/mol. The molecule has 1 aromatic carbocycles. The summed E-state index contributed by atoms with van der Waals surface area (Å²) in [5.74, 6) is 2.60. The molecule has 102 valence electrons. The van der Waals surface area contributed by atoms with Crippen LogP contribution in [-0.4, -0.2) is 19.0 Å². The van der Waals surface area contributed by atoms with Gasteiger partial charge in [-0.25, -0.2) is 0 Å². The van der Waals surface area contributed by atoms with Crippen LogP contribution in [0.25, 0.3) is 0 Å². The molecule has 0 atom stereocenters. The summed E-state index contributed by atoms with van der Waals surface area (Å²) in [6.45, 7) is 5.38. The van der Waals surface area contributed by atoms with Crippen molar-refractivity contribution < 1.29 is 9.47 Å².